The van der Waals surface area contributed by atoms with Gasteiger partial charge >= 0.3 is 0 Å². The van der Waals surface area contributed by atoms with Crippen molar-refractivity contribution in [3.05, 3.63) is 45.3 Å². The van der Waals surface area contributed by atoms with E-state index in [9.17, 15) is 9.59 Å². The number of thiophene rings is 1. The van der Waals surface area contributed by atoms with Gasteiger partial charge in [0, 0.05) is 18.3 Å². The van der Waals surface area contributed by atoms with Gasteiger partial charge in [-0.25, -0.2) is 4.98 Å². The molecule has 0 spiro atoms. The van der Waals surface area contributed by atoms with Crippen molar-refractivity contribution in [3.63, 3.8) is 0 Å². The second kappa shape index (κ2) is 9.75. The zero-order chi connectivity index (χ0) is 21.7. The van der Waals surface area contributed by atoms with Gasteiger partial charge in [0.1, 0.15) is 4.83 Å². The van der Waals surface area contributed by atoms with Gasteiger partial charge in [-0.2, -0.15) is 0 Å². The van der Waals surface area contributed by atoms with Crippen molar-refractivity contribution in [2.45, 2.75) is 47.1 Å². The molecular formula is C22H27N3O4S. The predicted octanol–water partition coefficient (Wildman–Crippen LogP) is 4.62. The molecule has 1 amide bonds. The van der Waals surface area contributed by atoms with Crippen LogP contribution in [0.25, 0.3) is 10.2 Å². The Balaban J connectivity index is 1.90. The van der Waals surface area contributed by atoms with Gasteiger partial charge in [0.05, 0.1) is 29.8 Å². The Morgan fingerprint density at radius 1 is 1.17 bits per heavy atom. The molecule has 0 atom stereocenters. The Morgan fingerprint density at radius 3 is 2.60 bits per heavy atom. The lowest BCUT2D eigenvalue weighted by atomic mass is 10.2. The molecule has 0 unspecified atom stereocenters. The lowest BCUT2D eigenvalue weighted by molar-refractivity contribution is 0.103. The molecule has 0 radical (unpaired) electrons. The van der Waals surface area contributed by atoms with Crippen LogP contribution in [0.2, 0.25) is 0 Å². The van der Waals surface area contributed by atoms with E-state index in [4.69, 9.17) is 9.47 Å². The zero-order valence-corrected chi connectivity index (χ0v) is 18.6. The van der Waals surface area contributed by atoms with Crippen LogP contribution in [0.3, 0.4) is 0 Å². The van der Waals surface area contributed by atoms with E-state index in [0.717, 1.165) is 12.8 Å². The molecule has 0 aliphatic carbocycles. The standard InChI is InChI=1S/C22H27N3O4S/c1-5-8-11-25-13-23-21-18(22(25)27)14(4)19(30-21)20(26)24-15-9-10-16(28-6-2)17(12-15)29-7-3/h9-10,12-13H,5-8,11H2,1-4H3,(H,24,26). The van der Waals surface area contributed by atoms with Crippen molar-refractivity contribution < 1.29 is 14.3 Å². The monoisotopic (exact) mass is 429 g/mol. The molecule has 8 heteroatoms. The van der Waals surface area contributed by atoms with Crippen molar-refractivity contribution >= 4 is 33.1 Å². The van der Waals surface area contributed by atoms with Gasteiger partial charge in [-0.05, 0) is 44.9 Å². The fraction of sp³-hybridized carbons (Fsp3) is 0.409. The molecule has 30 heavy (non-hydrogen) atoms. The average Bonchev–Trinajstić information content (AvgIpc) is 3.07. The summed E-state index contributed by atoms with van der Waals surface area (Å²) in [6.07, 6.45) is 3.47. The van der Waals surface area contributed by atoms with E-state index < -0.39 is 0 Å². The van der Waals surface area contributed by atoms with E-state index in [2.05, 4.69) is 17.2 Å². The number of hydrogen-bond donors (Lipinski definition) is 1. The van der Waals surface area contributed by atoms with Crippen LogP contribution in [0.15, 0.2) is 29.3 Å². The van der Waals surface area contributed by atoms with Gasteiger partial charge in [-0.1, -0.05) is 13.3 Å². The molecule has 2 aromatic heterocycles. The smallest absolute Gasteiger partial charge is 0.266 e. The number of hydrogen-bond acceptors (Lipinski definition) is 6. The number of nitrogens with one attached hydrogen (secondary N) is 1. The number of rotatable bonds is 9. The van der Waals surface area contributed by atoms with Crippen LogP contribution in [0.4, 0.5) is 5.69 Å². The first kappa shape index (κ1) is 21.8. The molecule has 0 bridgehead atoms. The highest BCUT2D eigenvalue weighted by Gasteiger charge is 2.20. The van der Waals surface area contributed by atoms with Crippen molar-refractivity contribution in [1.29, 1.82) is 0 Å². The molecular weight excluding hydrogens is 402 g/mol. The number of aryl methyl sites for hydroxylation is 2. The Bertz CT molecular complexity index is 1100. The molecule has 0 fully saturated rings. The number of amides is 1. The summed E-state index contributed by atoms with van der Waals surface area (Å²) in [6, 6.07) is 5.28. The summed E-state index contributed by atoms with van der Waals surface area (Å²) in [7, 11) is 0. The van der Waals surface area contributed by atoms with Crippen LogP contribution in [-0.2, 0) is 6.54 Å². The first-order valence-electron chi connectivity index (χ1n) is 10.2. The second-order valence-electron chi connectivity index (χ2n) is 6.81. The van der Waals surface area contributed by atoms with E-state index >= 15 is 0 Å². The van der Waals surface area contributed by atoms with E-state index in [0.29, 0.717) is 57.6 Å². The zero-order valence-electron chi connectivity index (χ0n) is 17.8. The van der Waals surface area contributed by atoms with Crippen LogP contribution in [0.1, 0.15) is 48.8 Å². The van der Waals surface area contributed by atoms with Gasteiger partial charge in [-0.15, -0.1) is 11.3 Å². The summed E-state index contributed by atoms with van der Waals surface area (Å²) in [6.45, 7) is 9.31. The quantitative estimate of drug-likeness (QED) is 0.537. The van der Waals surface area contributed by atoms with Gasteiger partial charge in [-0.3, -0.25) is 14.2 Å². The normalized spacial score (nSPS) is 10.9. The minimum Gasteiger partial charge on any atom is -0.490 e. The first-order valence-corrected chi connectivity index (χ1v) is 11.0. The Hall–Kier alpha value is -2.87. The number of carbonyl (C=O) groups excluding carboxylic acids is 1. The van der Waals surface area contributed by atoms with Crippen LogP contribution in [0.5, 0.6) is 11.5 Å². The Kier molecular flexibility index (Phi) is 7.10. The number of nitrogens with zero attached hydrogens (tertiary/aromatic N) is 2. The summed E-state index contributed by atoms with van der Waals surface area (Å²) in [4.78, 5) is 31.2. The highest BCUT2D eigenvalue weighted by Crippen LogP contribution is 2.32. The number of fused-ring (bicyclic) bond motifs is 1. The second-order valence-corrected chi connectivity index (χ2v) is 7.81. The summed E-state index contributed by atoms with van der Waals surface area (Å²) in [5.41, 5.74) is 1.16. The van der Waals surface area contributed by atoms with Gasteiger partial charge in [0.15, 0.2) is 11.5 Å². The lowest BCUT2D eigenvalue weighted by Crippen LogP contribution is -2.20. The van der Waals surface area contributed by atoms with E-state index in [1.807, 2.05) is 13.8 Å². The number of benzene rings is 1. The van der Waals surface area contributed by atoms with Crippen LogP contribution in [0, 0.1) is 6.92 Å². The predicted molar refractivity (Wildman–Crippen MR) is 120 cm³/mol. The van der Waals surface area contributed by atoms with Gasteiger partial charge in [0.2, 0.25) is 0 Å². The molecule has 160 valence electrons. The number of carbonyl (C=O) groups is 1. The number of aromatic nitrogens is 2. The maximum Gasteiger partial charge on any atom is 0.266 e. The number of anilines is 1. The highest BCUT2D eigenvalue weighted by atomic mass is 32.1. The van der Waals surface area contributed by atoms with Crippen LogP contribution < -0.4 is 20.3 Å². The Morgan fingerprint density at radius 2 is 1.90 bits per heavy atom. The average molecular weight is 430 g/mol. The molecule has 7 nitrogen and oxygen atoms in total. The van der Waals surface area contributed by atoms with Crippen molar-refractivity contribution in [3.8, 4) is 11.5 Å². The summed E-state index contributed by atoms with van der Waals surface area (Å²) in [5, 5.41) is 3.41. The van der Waals surface area contributed by atoms with Crippen molar-refractivity contribution in [2.75, 3.05) is 18.5 Å². The van der Waals surface area contributed by atoms with Gasteiger partial charge < -0.3 is 14.8 Å². The van der Waals surface area contributed by atoms with Crippen LogP contribution >= 0.6 is 11.3 Å². The number of unbranched alkanes of at least 4 members (excludes halogenated alkanes) is 1. The Labute approximate surface area is 179 Å². The molecule has 0 aliphatic rings. The van der Waals surface area contributed by atoms with E-state index in [1.165, 1.54) is 11.3 Å². The molecule has 0 saturated carbocycles. The molecule has 1 N–H and O–H groups in total. The lowest BCUT2D eigenvalue weighted by Gasteiger charge is -2.13. The van der Waals surface area contributed by atoms with Crippen LogP contribution in [-0.4, -0.2) is 28.7 Å². The highest BCUT2D eigenvalue weighted by molar-refractivity contribution is 7.20. The van der Waals surface area contributed by atoms with E-state index in [-0.39, 0.29) is 11.5 Å². The van der Waals surface area contributed by atoms with Crippen molar-refractivity contribution in [1.82, 2.24) is 9.55 Å². The van der Waals surface area contributed by atoms with E-state index in [1.54, 1.807) is 36.0 Å². The molecule has 3 aromatic rings. The third kappa shape index (κ3) is 4.48. The third-order valence-corrected chi connectivity index (χ3v) is 5.88. The minimum atomic E-state index is -0.276. The van der Waals surface area contributed by atoms with Crippen molar-refractivity contribution in [2.24, 2.45) is 0 Å². The molecule has 2 heterocycles. The fourth-order valence-electron chi connectivity index (χ4n) is 3.18. The first-order chi connectivity index (χ1) is 14.5. The SMILES string of the molecule is CCCCn1cnc2sc(C(=O)Nc3ccc(OCC)c(OCC)c3)c(C)c2c1=O. The maximum absolute atomic E-state index is 12.9. The topological polar surface area (TPSA) is 82.5 Å². The number of ether oxygens (including phenoxy) is 2. The minimum absolute atomic E-state index is 0.0963. The van der Waals surface area contributed by atoms with Gasteiger partial charge in [0.25, 0.3) is 11.5 Å². The summed E-state index contributed by atoms with van der Waals surface area (Å²) in [5.74, 6) is 0.930. The summed E-state index contributed by atoms with van der Waals surface area (Å²) >= 11 is 1.23. The third-order valence-electron chi connectivity index (χ3n) is 4.68. The maximum atomic E-state index is 12.9. The molecule has 0 aliphatic heterocycles. The molecule has 1 aromatic carbocycles. The molecule has 0 saturated heterocycles. The summed E-state index contributed by atoms with van der Waals surface area (Å²) < 4.78 is 12.8. The molecule has 3 rings (SSSR count). The largest absolute Gasteiger partial charge is 0.490 e. The fourth-order valence-corrected chi connectivity index (χ4v) is 4.21.